The third kappa shape index (κ3) is 4.31. The van der Waals surface area contributed by atoms with Crippen molar-refractivity contribution in [2.75, 3.05) is 6.61 Å². The van der Waals surface area contributed by atoms with Crippen LogP contribution in [0.4, 0.5) is 0 Å². The molecule has 1 atom stereocenters. The van der Waals surface area contributed by atoms with E-state index in [1.54, 1.807) is 6.07 Å². The highest BCUT2D eigenvalue weighted by Gasteiger charge is 2.27. The van der Waals surface area contributed by atoms with Crippen LogP contribution in [0.15, 0.2) is 24.3 Å². The molecule has 1 N–H and O–H groups in total. The second-order valence-corrected chi connectivity index (χ2v) is 5.43. The summed E-state index contributed by atoms with van der Waals surface area (Å²) in [5.74, 6) is 0.536. The molecular weight excluding hydrogens is 266 g/mol. The van der Waals surface area contributed by atoms with E-state index in [1.807, 2.05) is 18.2 Å². The summed E-state index contributed by atoms with van der Waals surface area (Å²) in [5, 5.41) is 2.77. The Bertz CT molecular complexity index is 499. The number of unbranched alkanes of at least 4 members (excludes halogenated alkanes) is 2. The van der Waals surface area contributed by atoms with Gasteiger partial charge in [-0.05, 0) is 31.4 Å². The van der Waals surface area contributed by atoms with Gasteiger partial charge in [0.15, 0.2) is 5.78 Å². The summed E-state index contributed by atoms with van der Waals surface area (Å²) in [7, 11) is 0. The number of ketones is 1. The first-order chi connectivity index (χ1) is 10.2. The van der Waals surface area contributed by atoms with Crippen molar-refractivity contribution in [2.24, 2.45) is 0 Å². The summed E-state index contributed by atoms with van der Waals surface area (Å²) >= 11 is 0. The molecule has 1 aromatic rings. The van der Waals surface area contributed by atoms with Crippen LogP contribution < -0.4 is 10.1 Å². The van der Waals surface area contributed by atoms with Crippen molar-refractivity contribution in [2.45, 2.75) is 51.5 Å². The van der Waals surface area contributed by atoms with Gasteiger partial charge in [-0.25, -0.2) is 0 Å². The number of hydrogen-bond acceptors (Lipinski definition) is 3. The van der Waals surface area contributed by atoms with E-state index in [2.05, 4.69) is 12.2 Å². The van der Waals surface area contributed by atoms with Crippen molar-refractivity contribution >= 4 is 11.7 Å². The van der Waals surface area contributed by atoms with Crippen LogP contribution in [-0.2, 0) is 4.79 Å². The standard InChI is InChI=1S/C17H23NO3/c1-2-3-6-12-21-15-10-5-4-8-13(15)17(20)14-9-7-11-16(19)18-14/h4-5,8,10,14H,2-3,6-7,9,11-12H2,1H3,(H,18,19). The van der Waals surface area contributed by atoms with Crippen LogP contribution in [0, 0.1) is 0 Å². The molecule has 1 heterocycles. The number of Topliss-reactive ketones (excluding diaryl/α,β-unsaturated/α-hetero) is 1. The monoisotopic (exact) mass is 289 g/mol. The first-order valence-electron chi connectivity index (χ1n) is 7.77. The van der Waals surface area contributed by atoms with Gasteiger partial charge in [0.2, 0.25) is 5.91 Å². The topological polar surface area (TPSA) is 55.4 Å². The first kappa shape index (κ1) is 15.5. The fourth-order valence-corrected chi connectivity index (χ4v) is 2.52. The molecule has 0 saturated carbocycles. The molecule has 1 unspecified atom stereocenters. The van der Waals surface area contributed by atoms with E-state index >= 15 is 0 Å². The van der Waals surface area contributed by atoms with E-state index in [1.165, 1.54) is 0 Å². The minimum absolute atomic E-state index is 0.0408. The molecule has 114 valence electrons. The zero-order valence-electron chi connectivity index (χ0n) is 12.6. The number of carbonyl (C=O) groups is 2. The van der Waals surface area contributed by atoms with Crippen LogP contribution in [0.1, 0.15) is 55.8 Å². The zero-order chi connectivity index (χ0) is 15.1. The Hall–Kier alpha value is -1.84. The molecule has 1 fully saturated rings. The third-order valence-corrected chi connectivity index (χ3v) is 3.71. The molecule has 0 aromatic heterocycles. The van der Waals surface area contributed by atoms with Gasteiger partial charge < -0.3 is 10.1 Å². The van der Waals surface area contributed by atoms with E-state index in [9.17, 15) is 9.59 Å². The molecule has 0 aliphatic carbocycles. The van der Waals surface area contributed by atoms with Crippen molar-refractivity contribution in [3.05, 3.63) is 29.8 Å². The average Bonchev–Trinajstić information content (AvgIpc) is 2.51. The maximum atomic E-state index is 12.6. The molecule has 1 aromatic carbocycles. The van der Waals surface area contributed by atoms with E-state index in [4.69, 9.17) is 4.74 Å². The highest BCUT2D eigenvalue weighted by atomic mass is 16.5. The number of benzene rings is 1. The zero-order valence-corrected chi connectivity index (χ0v) is 12.6. The highest BCUT2D eigenvalue weighted by molar-refractivity contribution is 6.04. The van der Waals surface area contributed by atoms with Crippen LogP contribution in [0.2, 0.25) is 0 Å². The van der Waals surface area contributed by atoms with Crippen LogP contribution in [0.25, 0.3) is 0 Å². The molecule has 4 nitrogen and oxygen atoms in total. The summed E-state index contributed by atoms with van der Waals surface area (Å²) in [4.78, 5) is 24.0. The van der Waals surface area contributed by atoms with Gasteiger partial charge >= 0.3 is 0 Å². The molecular formula is C17H23NO3. The summed E-state index contributed by atoms with van der Waals surface area (Å²) in [6, 6.07) is 6.89. The van der Waals surface area contributed by atoms with Crippen molar-refractivity contribution in [1.29, 1.82) is 0 Å². The number of nitrogens with one attached hydrogen (secondary N) is 1. The van der Waals surface area contributed by atoms with E-state index in [0.717, 1.165) is 25.7 Å². The quantitative estimate of drug-likeness (QED) is 0.620. The van der Waals surface area contributed by atoms with E-state index < -0.39 is 6.04 Å². The number of carbonyl (C=O) groups excluding carboxylic acids is 2. The van der Waals surface area contributed by atoms with Crippen LogP contribution in [-0.4, -0.2) is 24.3 Å². The Kier molecular flexibility index (Phi) is 5.78. The summed E-state index contributed by atoms with van der Waals surface area (Å²) in [5.41, 5.74) is 0.571. The fourth-order valence-electron chi connectivity index (χ4n) is 2.52. The molecule has 1 saturated heterocycles. The van der Waals surface area contributed by atoms with Crippen molar-refractivity contribution < 1.29 is 14.3 Å². The number of piperidine rings is 1. The van der Waals surface area contributed by atoms with Gasteiger partial charge in [-0.2, -0.15) is 0 Å². The number of hydrogen-bond donors (Lipinski definition) is 1. The molecule has 4 heteroatoms. The maximum absolute atomic E-state index is 12.6. The van der Waals surface area contributed by atoms with E-state index in [0.29, 0.717) is 30.8 Å². The Morgan fingerprint density at radius 1 is 1.33 bits per heavy atom. The van der Waals surface area contributed by atoms with Crippen LogP contribution in [0.3, 0.4) is 0 Å². The fraction of sp³-hybridized carbons (Fsp3) is 0.529. The van der Waals surface area contributed by atoms with E-state index in [-0.39, 0.29) is 11.7 Å². The van der Waals surface area contributed by atoms with Crippen molar-refractivity contribution in [1.82, 2.24) is 5.32 Å². The average molecular weight is 289 g/mol. The second-order valence-electron chi connectivity index (χ2n) is 5.43. The molecule has 2 rings (SSSR count). The maximum Gasteiger partial charge on any atom is 0.220 e. The molecule has 0 bridgehead atoms. The lowest BCUT2D eigenvalue weighted by molar-refractivity contribution is -0.122. The van der Waals surface area contributed by atoms with Gasteiger partial charge in [0.25, 0.3) is 0 Å². The molecule has 0 radical (unpaired) electrons. The largest absolute Gasteiger partial charge is 0.493 e. The van der Waals surface area contributed by atoms with Crippen LogP contribution in [0.5, 0.6) is 5.75 Å². The van der Waals surface area contributed by atoms with Crippen molar-refractivity contribution in [3.8, 4) is 5.75 Å². The Morgan fingerprint density at radius 3 is 2.90 bits per heavy atom. The number of rotatable bonds is 7. The molecule has 1 amide bonds. The third-order valence-electron chi connectivity index (χ3n) is 3.71. The SMILES string of the molecule is CCCCCOc1ccccc1C(=O)C1CCCC(=O)N1. The van der Waals surface area contributed by atoms with Gasteiger partial charge in [0.1, 0.15) is 5.75 Å². The highest BCUT2D eigenvalue weighted by Crippen LogP contribution is 2.22. The number of amides is 1. The number of para-hydroxylation sites is 1. The smallest absolute Gasteiger partial charge is 0.220 e. The molecule has 21 heavy (non-hydrogen) atoms. The predicted octanol–water partition coefficient (Wildman–Crippen LogP) is 3.11. The summed E-state index contributed by atoms with van der Waals surface area (Å²) < 4.78 is 5.74. The van der Waals surface area contributed by atoms with Crippen LogP contribution >= 0.6 is 0 Å². The Labute approximate surface area is 125 Å². The molecule has 1 aliphatic heterocycles. The Balaban J connectivity index is 2.04. The predicted molar refractivity (Wildman–Crippen MR) is 81.6 cm³/mol. The normalized spacial score (nSPS) is 18.1. The minimum Gasteiger partial charge on any atom is -0.493 e. The molecule has 0 spiro atoms. The first-order valence-corrected chi connectivity index (χ1v) is 7.77. The second kappa shape index (κ2) is 7.81. The van der Waals surface area contributed by atoms with Gasteiger partial charge in [0.05, 0.1) is 18.2 Å². The molecule has 1 aliphatic rings. The lowest BCUT2D eigenvalue weighted by Gasteiger charge is -2.23. The summed E-state index contributed by atoms with van der Waals surface area (Å²) in [6.07, 6.45) is 5.22. The Morgan fingerprint density at radius 2 is 2.14 bits per heavy atom. The van der Waals surface area contributed by atoms with Crippen molar-refractivity contribution in [3.63, 3.8) is 0 Å². The number of ether oxygens (including phenoxy) is 1. The van der Waals surface area contributed by atoms with Gasteiger partial charge in [-0.15, -0.1) is 0 Å². The minimum atomic E-state index is -0.411. The lowest BCUT2D eigenvalue weighted by atomic mass is 9.95. The van der Waals surface area contributed by atoms with Gasteiger partial charge in [0, 0.05) is 6.42 Å². The summed E-state index contributed by atoms with van der Waals surface area (Å²) in [6.45, 7) is 2.76. The van der Waals surface area contributed by atoms with Gasteiger partial charge in [-0.1, -0.05) is 31.9 Å². The lowest BCUT2D eigenvalue weighted by Crippen LogP contribution is -2.44. The van der Waals surface area contributed by atoms with Gasteiger partial charge in [-0.3, -0.25) is 9.59 Å².